The molecule has 4 heteroatoms. The summed E-state index contributed by atoms with van der Waals surface area (Å²) in [6, 6.07) is 6.38. The summed E-state index contributed by atoms with van der Waals surface area (Å²) in [7, 11) is 0. The van der Waals surface area contributed by atoms with E-state index in [2.05, 4.69) is 11.6 Å². The number of halogens is 2. The third-order valence-electron chi connectivity index (χ3n) is 3.52. The highest BCUT2D eigenvalue weighted by atomic mass is 35.5. The normalized spacial score (nSPS) is 24.2. The lowest BCUT2D eigenvalue weighted by Gasteiger charge is -2.28. The highest BCUT2D eigenvalue weighted by molar-refractivity contribution is 7.99. The van der Waals surface area contributed by atoms with Crippen LogP contribution in [0, 0.1) is 0 Å². The fraction of sp³-hybridized carbons (Fsp3) is 0.571. The first-order valence-electron chi connectivity index (χ1n) is 6.38. The van der Waals surface area contributed by atoms with Gasteiger partial charge in [-0.1, -0.05) is 23.2 Å². The molecule has 0 amide bonds. The Morgan fingerprint density at radius 2 is 1.72 bits per heavy atom. The molecule has 0 aromatic heterocycles. The number of rotatable bonds is 4. The van der Waals surface area contributed by atoms with E-state index in [-0.39, 0.29) is 0 Å². The zero-order valence-corrected chi connectivity index (χ0v) is 12.9. The molecule has 1 aromatic carbocycles. The van der Waals surface area contributed by atoms with Gasteiger partial charge in [0.15, 0.2) is 0 Å². The van der Waals surface area contributed by atoms with Gasteiger partial charge in [0.05, 0.1) is 0 Å². The second kappa shape index (κ2) is 7.04. The molecule has 1 fully saturated rings. The van der Waals surface area contributed by atoms with Crippen molar-refractivity contribution in [3.63, 3.8) is 0 Å². The predicted molar refractivity (Wildman–Crippen MR) is 82.9 cm³/mol. The minimum Gasteiger partial charge on any atom is -0.310 e. The molecular formula is C14H19Cl2NS. The van der Waals surface area contributed by atoms with E-state index in [0.29, 0.717) is 16.1 Å². The molecule has 100 valence electrons. The van der Waals surface area contributed by atoms with Crippen LogP contribution in [0.2, 0.25) is 10.0 Å². The van der Waals surface area contributed by atoms with E-state index in [9.17, 15) is 0 Å². The number of nitrogens with one attached hydrogen (secondary N) is 1. The summed E-state index contributed by atoms with van der Waals surface area (Å²) < 4.78 is 0. The molecule has 1 aliphatic rings. The van der Waals surface area contributed by atoms with Gasteiger partial charge in [-0.25, -0.2) is 0 Å². The maximum absolute atomic E-state index is 5.99. The average Bonchev–Trinajstić information content (AvgIpc) is 2.36. The van der Waals surface area contributed by atoms with Crippen LogP contribution in [0.1, 0.15) is 31.2 Å². The first kappa shape index (κ1) is 14.5. The van der Waals surface area contributed by atoms with Gasteiger partial charge in [-0.15, -0.1) is 0 Å². The second-order valence-corrected chi connectivity index (χ2v) is 6.88. The fourth-order valence-corrected chi connectivity index (χ4v) is 3.79. The van der Waals surface area contributed by atoms with Crippen LogP contribution in [0.4, 0.5) is 0 Å². The van der Waals surface area contributed by atoms with Crippen molar-refractivity contribution in [1.29, 1.82) is 0 Å². The highest BCUT2D eigenvalue weighted by Gasteiger charge is 2.19. The van der Waals surface area contributed by atoms with Crippen molar-refractivity contribution in [3.05, 3.63) is 33.8 Å². The molecule has 1 nitrogen and oxygen atoms in total. The molecular weight excluding hydrogens is 285 g/mol. The summed E-state index contributed by atoms with van der Waals surface area (Å²) in [4.78, 5) is 0. The first-order valence-corrected chi connectivity index (χ1v) is 8.43. The molecule has 0 aliphatic heterocycles. The van der Waals surface area contributed by atoms with E-state index in [0.717, 1.165) is 11.8 Å². The zero-order chi connectivity index (χ0) is 13.0. The molecule has 0 saturated heterocycles. The molecule has 0 radical (unpaired) electrons. The van der Waals surface area contributed by atoms with Crippen LogP contribution < -0.4 is 5.32 Å². The monoisotopic (exact) mass is 303 g/mol. The van der Waals surface area contributed by atoms with Gasteiger partial charge in [-0.2, -0.15) is 11.8 Å². The van der Waals surface area contributed by atoms with Crippen molar-refractivity contribution < 1.29 is 0 Å². The smallest absolute Gasteiger partial charge is 0.0424 e. The average molecular weight is 304 g/mol. The lowest BCUT2D eigenvalue weighted by molar-refractivity contribution is 0.379. The fourth-order valence-electron chi connectivity index (χ4n) is 2.48. The highest BCUT2D eigenvalue weighted by Crippen LogP contribution is 2.27. The Kier molecular flexibility index (Phi) is 5.68. The van der Waals surface area contributed by atoms with Crippen molar-refractivity contribution in [2.75, 3.05) is 6.26 Å². The molecule has 0 heterocycles. The Hall–Kier alpha value is 0.110. The van der Waals surface area contributed by atoms with Crippen molar-refractivity contribution >= 4 is 35.0 Å². The predicted octanol–water partition coefficient (Wildman–Crippen LogP) is 4.76. The van der Waals surface area contributed by atoms with Crippen LogP contribution in [0.3, 0.4) is 0 Å². The molecule has 0 atom stereocenters. The Labute approximate surface area is 124 Å². The lowest BCUT2D eigenvalue weighted by atomic mass is 9.95. The van der Waals surface area contributed by atoms with Gasteiger partial charge in [0.25, 0.3) is 0 Å². The molecule has 1 aromatic rings. The topological polar surface area (TPSA) is 12.0 Å². The maximum Gasteiger partial charge on any atom is 0.0424 e. The minimum absolute atomic E-state index is 0.645. The van der Waals surface area contributed by atoms with Crippen LogP contribution in [0.5, 0.6) is 0 Å². The van der Waals surface area contributed by atoms with E-state index in [1.807, 2.05) is 23.9 Å². The van der Waals surface area contributed by atoms with E-state index in [1.54, 1.807) is 6.07 Å². The molecule has 18 heavy (non-hydrogen) atoms. The molecule has 1 aliphatic carbocycles. The Balaban J connectivity index is 1.81. The summed E-state index contributed by atoms with van der Waals surface area (Å²) >= 11 is 14.0. The molecule has 0 spiro atoms. The van der Waals surface area contributed by atoms with Crippen molar-refractivity contribution in [1.82, 2.24) is 5.32 Å². The third kappa shape index (κ3) is 4.34. The third-order valence-corrected chi connectivity index (χ3v) is 5.10. The van der Waals surface area contributed by atoms with E-state index in [1.165, 1.54) is 31.2 Å². The summed E-state index contributed by atoms with van der Waals surface area (Å²) in [5.41, 5.74) is 1.17. The Morgan fingerprint density at radius 3 is 2.28 bits per heavy atom. The van der Waals surface area contributed by atoms with Gasteiger partial charge in [0.2, 0.25) is 0 Å². The Bertz CT molecular complexity index is 369. The number of benzene rings is 1. The summed E-state index contributed by atoms with van der Waals surface area (Å²) in [6.07, 6.45) is 7.43. The van der Waals surface area contributed by atoms with Gasteiger partial charge in [0.1, 0.15) is 0 Å². The van der Waals surface area contributed by atoms with Gasteiger partial charge in [0, 0.05) is 27.9 Å². The van der Waals surface area contributed by atoms with E-state index >= 15 is 0 Å². The number of hydrogen-bond acceptors (Lipinski definition) is 2. The zero-order valence-electron chi connectivity index (χ0n) is 10.6. The van der Waals surface area contributed by atoms with Gasteiger partial charge in [-0.05, 0) is 55.7 Å². The van der Waals surface area contributed by atoms with Crippen molar-refractivity contribution in [3.8, 4) is 0 Å². The first-order chi connectivity index (χ1) is 8.67. The molecule has 1 N–H and O–H groups in total. The van der Waals surface area contributed by atoms with Crippen LogP contribution >= 0.6 is 35.0 Å². The molecule has 1 saturated carbocycles. The molecule has 0 unspecified atom stereocenters. The lowest BCUT2D eigenvalue weighted by Crippen LogP contribution is -2.33. The van der Waals surface area contributed by atoms with Crippen LogP contribution in [0.25, 0.3) is 0 Å². The van der Waals surface area contributed by atoms with Crippen LogP contribution in [-0.4, -0.2) is 17.5 Å². The SMILES string of the molecule is CSC1CCC(NCc2cc(Cl)cc(Cl)c2)CC1. The van der Waals surface area contributed by atoms with E-state index in [4.69, 9.17) is 23.2 Å². The number of hydrogen-bond donors (Lipinski definition) is 1. The van der Waals surface area contributed by atoms with Gasteiger partial charge >= 0.3 is 0 Å². The van der Waals surface area contributed by atoms with E-state index < -0.39 is 0 Å². The minimum atomic E-state index is 0.645. The molecule has 0 bridgehead atoms. The largest absolute Gasteiger partial charge is 0.310 e. The summed E-state index contributed by atoms with van der Waals surface area (Å²) in [5.74, 6) is 0. The standard InChI is InChI=1S/C14H19Cl2NS/c1-18-14-4-2-13(3-5-14)17-9-10-6-11(15)8-12(16)7-10/h6-8,13-14,17H,2-5,9H2,1H3. The quantitative estimate of drug-likeness (QED) is 0.861. The van der Waals surface area contributed by atoms with Crippen molar-refractivity contribution in [2.45, 2.75) is 43.5 Å². The van der Waals surface area contributed by atoms with Gasteiger partial charge < -0.3 is 5.32 Å². The molecule has 2 rings (SSSR count). The van der Waals surface area contributed by atoms with Crippen molar-refractivity contribution in [2.24, 2.45) is 0 Å². The maximum atomic E-state index is 5.99. The Morgan fingerprint density at radius 1 is 1.11 bits per heavy atom. The number of thioether (sulfide) groups is 1. The summed E-state index contributed by atoms with van der Waals surface area (Å²) in [5, 5.41) is 5.90. The van der Waals surface area contributed by atoms with Crippen LogP contribution in [0.15, 0.2) is 18.2 Å². The summed E-state index contributed by atoms with van der Waals surface area (Å²) in [6.45, 7) is 0.856. The van der Waals surface area contributed by atoms with Gasteiger partial charge in [-0.3, -0.25) is 0 Å². The van der Waals surface area contributed by atoms with Crippen LogP contribution in [-0.2, 0) is 6.54 Å². The second-order valence-electron chi connectivity index (χ2n) is 4.87.